The lowest BCUT2D eigenvalue weighted by molar-refractivity contribution is 0.0695. The summed E-state index contributed by atoms with van der Waals surface area (Å²) >= 11 is 0. The molecule has 2 N–H and O–H groups in total. The Bertz CT molecular complexity index is 1480. The lowest BCUT2D eigenvalue weighted by Gasteiger charge is -2.25. The van der Waals surface area contributed by atoms with Crippen molar-refractivity contribution in [3.05, 3.63) is 106 Å². The van der Waals surface area contributed by atoms with Crippen LogP contribution in [0.3, 0.4) is 0 Å². The van der Waals surface area contributed by atoms with Crippen molar-refractivity contribution >= 4 is 33.2 Å². The third kappa shape index (κ3) is 3.52. The number of rotatable bonds is 1. The number of fused-ring (bicyclic) bond motifs is 5. The fourth-order valence-electron chi connectivity index (χ4n) is 4.61. The average Bonchev–Trinajstić information content (AvgIpc) is 2.84. The van der Waals surface area contributed by atoms with E-state index in [-0.39, 0.29) is 10.9 Å². The van der Waals surface area contributed by atoms with Crippen LogP contribution in [0.1, 0.15) is 40.7 Å². The molecule has 0 aliphatic heterocycles. The predicted molar refractivity (Wildman–Crippen MR) is 127 cm³/mol. The number of aromatic carboxylic acids is 1. The summed E-state index contributed by atoms with van der Waals surface area (Å²) in [5.41, 5.74) is 6.00. The molecule has 6 rings (SSSR count). The highest BCUT2D eigenvalue weighted by molar-refractivity contribution is 5.94. The lowest BCUT2D eigenvalue weighted by atomic mass is 9.80. The van der Waals surface area contributed by atoms with Crippen LogP contribution in [0, 0.1) is 0 Å². The summed E-state index contributed by atoms with van der Waals surface area (Å²) in [5.74, 6) is -1.24. The van der Waals surface area contributed by atoms with Crippen molar-refractivity contribution in [2.45, 2.75) is 25.7 Å². The molecule has 5 heteroatoms. The number of hydrogen-bond acceptors (Lipinski definition) is 3. The zero-order valence-corrected chi connectivity index (χ0v) is 17.5. The summed E-state index contributed by atoms with van der Waals surface area (Å²) in [6.07, 6.45) is 13.7. The van der Waals surface area contributed by atoms with E-state index >= 15 is 0 Å². The zero-order valence-electron chi connectivity index (χ0n) is 17.5. The maximum Gasteiger partial charge on any atom is 0.341 e. The smallest absolute Gasteiger partial charge is 0.341 e. The number of aryl methyl sites for hydroxylation is 1. The zero-order chi connectivity index (χ0) is 22.1. The van der Waals surface area contributed by atoms with Crippen LogP contribution in [0.4, 0.5) is 0 Å². The standard InChI is InChI=1S/C18H16.C9H6N2O3/c1-3-7-15-13(5-1)9-11-18-16-8-4-2-6-14(16)10-12-17(15)18;12-8-5-3-10-2-1-7(5)11-4-6(8)9(13)14/h1,3-5,7-9,11H,2,6,10,12H2;1-4H,(H,11,12)(H,13,14). The molecule has 0 saturated carbocycles. The van der Waals surface area contributed by atoms with Gasteiger partial charge in [0.15, 0.2) is 0 Å². The number of H-pyrrole nitrogens is 1. The first kappa shape index (κ1) is 19.9. The van der Waals surface area contributed by atoms with Crippen molar-refractivity contribution in [2.24, 2.45) is 0 Å². The molecule has 2 heterocycles. The van der Waals surface area contributed by atoms with E-state index in [1.54, 1.807) is 17.2 Å². The first-order valence-electron chi connectivity index (χ1n) is 10.7. The summed E-state index contributed by atoms with van der Waals surface area (Å²) < 4.78 is 0. The highest BCUT2D eigenvalue weighted by Crippen LogP contribution is 2.39. The number of aromatic nitrogens is 2. The van der Waals surface area contributed by atoms with Crippen LogP contribution in [0.25, 0.3) is 27.2 Å². The van der Waals surface area contributed by atoms with Gasteiger partial charge in [0.05, 0.1) is 10.9 Å². The molecule has 2 aromatic carbocycles. The van der Waals surface area contributed by atoms with Gasteiger partial charge in [0, 0.05) is 18.6 Å². The molecule has 0 radical (unpaired) electrons. The molecule has 0 spiro atoms. The molecule has 5 nitrogen and oxygen atoms in total. The highest BCUT2D eigenvalue weighted by Gasteiger charge is 2.20. The fraction of sp³-hybridized carbons (Fsp3) is 0.148. The molecule has 0 bridgehead atoms. The first-order chi connectivity index (χ1) is 15.6. The van der Waals surface area contributed by atoms with E-state index in [0.717, 1.165) is 0 Å². The van der Waals surface area contributed by atoms with E-state index in [2.05, 4.69) is 58.5 Å². The molecule has 0 unspecified atom stereocenters. The topological polar surface area (TPSA) is 83.0 Å². The summed E-state index contributed by atoms with van der Waals surface area (Å²) in [7, 11) is 0. The van der Waals surface area contributed by atoms with Crippen LogP contribution in [-0.4, -0.2) is 21.0 Å². The Morgan fingerprint density at radius 1 is 1.00 bits per heavy atom. The molecule has 158 valence electrons. The highest BCUT2D eigenvalue weighted by atomic mass is 16.4. The number of nitrogens with zero attached hydrogens (tertiary/aromatic N) is 1. The third-order valence-corrected chi connectivity index (χ3v) is 6.20. The van der Waals surface area contributed by atoms with Gasteiger partial charge in [-0.15, -0.1) is 0 Å². The second kappa shape index (κ2) is 8.27. The summed E-state index contributed by atoms with van der Waals surface area (Å²) in [6, 6.07) is 15.0. The van der Waals surface area contributed by atoms with Gasteiger partial charge >= 0.3 is 5.97 Å². The number of allylic oxidation sites excluding steroid dienone is 4. The van der Waals surface area contributed by atoms with Gasteiger partial charge in [-0.2, -0.15) is 0 Å². The van der Waals surface area contributed by atoms with Gasteiger partial charge in [-0.25, -0.2) is 4.79 Å². The normalized spacial score (nSPS) is 14.5. The van der Waals surface area contributed by atoms with Gasteiger partial charge in [-0.1, -0.05) is 54.1 Å². The maximum atomic E-state index is 11.5. The van der Waals surface area contributed by atoms with E-state index < -0.39 is 11.4 Å². The molecule has 2 aromatic heterocycles. The Morgan fingerprint density at radius 2 is 1.88 bits per heavy atom. The number of benzene rings is 2. The quantitative estimate of drug-likeness (QED) is 0.424. The van der Waals surface area contributed by atoms with Crippen molar-refractivity contribution < 1.29 is 9.90 Å². The number of carbonyl (C=O) groups is 1. The Morgan fingerprint density at radius 3 is 2.75 bits per heavy atom. The van der Waals surface area contributed by atoms with Crippen LogP contribution in [0.2, 0.25) is 0 Å². The van der Waals surface area contributed by atoms with Crippen molar-refractivity contribution in [1.82, 2.24) is 9.97 Å². The Hall–Kier alpha value is -3.99. The molecular formula is C27H22N2O3. The van der Waals surface area contributed by atoms with Crippen LogP contribution in [0.5, 0.6) is 0 Å². The average molecular weight is 422 g/mol. The van der Waals surface area contributed by atoms with E-state index in [1.807, 2.05) is 0 Å². The number of pyridine rings is 2. The lowest BCUT2D eigenvalue weighted by Crippen LogP contribution is -2.15. The number of nitrogens with one attached hydrogen (secondary N) is 1. The molecule has 0 fully saturated rings. The van der Waals surface area contributed by atoms with Crippen molar-refractivity contribution in [2.75, 3.05) is 0 Å². The van der Waals surface area contributed by atoms with E-state index in [1.165, 1.54) is 66.2 Å². The third-order valence-electron chi connectivity index (χ3n) is 6.20. The van der Waals surface area contributed by atoms with Gasteiger partial charge in [0.1, 0.15) is 5.56 Å². The number of hydrogen-bond donors (Lipinski definition) is 2. The first-order valence-corrected chi connectivity index (χ1v) is 10.7. The minimum atomic E-state index is -1.24. The van der Waals surface area contributed by atoms with Gasteiger partial charge < -0.3 is 10.1 Å². The number of carboxylic acids is 1. The molecule has 2 aliphatic rings. The van der Waals surface area contributed by atoms with Crippen LogP contribution in [-0.2, 0) is 6.42 Å². The van der Waals surface area contributed by atoms with Crippen molar-refractivity contribution in [1.29, 1.82) is 0 Å². The van der Waals surface area contributed by atoms with Gasteiger partial charge in [0.25, 0.3) is 0 Å². The molecule has 32 heavy (non-hydrogen) atoms. The minimum Gasteiger partial charge on any atom is -0.477 e. The summed E-state index contributed by atoms with van der Waals surface area (Å²) in [5, 5.41) is 11.8. The molecule has 0 saturated heterocycles. The SMILES string of the molecule is C1=CC2=C(CC1)CCc1c2ccc2ccccc12.O=C(O)c1c[nH]c2ccncc2c1=O. The van der Waals surface area contributed by atoms with Crippen LogP contribution >= 0.6 is 0 Å². The largest absolute Gasteiger partial charge is 0.477 e. The number of aromatic amines is 1. The van der Waals surface area contributed by atoms with Crippen molar-refractivity contribution in [3.63, 3.8) is 0 Å². The predicted octanol–water partition coefficient (Wildman–Crippen LogP) is 5.51. The summed E-state index contributed by atoms with van der Waals surface area (Å²) in [4.78, 5) is 28.6. The Labute approximate surface area is 184 Å². The second-order valence-corrected chi connectivity index (χ2v) is 8.03. The number of carboxylic acid groups (broad SMARTS) is 1. The fourth-order valence-corrected chi connectivity index (χ4v) is 4.61. The Kier molecular flexibility index (Phi) is 5.15. The van der Waals surface area contributed by atoms with Crippen molar-refractivity contribution in [3.8, 4) is 0 Å². The molecular weight excluding hydrogens is 400 g/mol. The maximum absolute atomic E-state index is 11.5. The van der Waals surface area contributed by atoms with Crippen LogP contribution in [0.15, 0.2) is 83.6 Å². The molecule has 0 atom stereocenters. The second-order valence-electron chi connectivity index (χ2n) is 8.03. The molecule has 0 amide bonds. The van der Waals surface area contributed by atoms with E-state index in [9.17, 15) is 9.59 Å². The van der Waals surface area contributed by atoms with Gasteiger partial charge in [-0.3, -0.25) is 9.78 Å². The molecule has 4 aromatic rings. The van der Waals surface area contributed by atoms with E-state index in [0.29, 0.717) is 5.52 Å². The van der Waals surface area contributed by atoms with Gasteiger partial charge in [0.2, 0.25) is 5.43 Å². The monoisotopic (exact) mass is 422 g/mol. The molecule has 2 aliphatic carbocycles. The van der Waals surface area contributed by atoms with Crippen LogP contribution < -0.4 is 5.43 Å². The minimum absolute atomic E-state index is 0.273. The van der Waals surface area contributed by atoms with E-state index in [4.69, 9.17) is 5.11 Å². The summed E-state index contributed by atoms with van der Waals surface area (Å²) in [6.45, 7) is 0. The Balaban J connectivity index is 0.000000140. The van der Waals surface area contributed by atoms with Gasteiger partial charge in [-0.05, 0) is 59.2 Å².